The van der Waals surface area contributed by atoms with E-state index in [1.165, 1.54) is 19.8 Å². The minimum atomic E-state index is -0.833. The number of rotatable bonds is 3. The highest BCUT2D eigenvalue weighted by Gasteiger charge is 1.85. The van der Waals surface area contributed by atoms with E-state index in [2.05, 4.69) is 25.5 Å². The summed E-state index contributed by atoms with van der Waals surface area (Å²) in [6.45, 7) is 11.5. The van der Waals surface area contributed by atoms with E-state index in [4.69, 9.17) is 9.90 Å². The molecule has 0 atom stereocenters. The zero-order valence-corrected chi connectivity index (χ0v) is 11.4. The smallest absolute Gasteiger partial charge is 0.302 e. The molecule has 4 nitrogen and oxygen atoms in total. The maximum Gasteiger partial charge on any atom is 0.302 e. The Hall–Kier alpha value is -1.06. The van der Waals surface area contributed by atoms with Crippen molar-refractivity contribution >= 4 is 11.9 Å². The maximum atomic E-state index is 9.82. The standard InChI is InChI=1S/C6H14.C4H8O2.C2H4O2/c1-4-5-6(2)3;1-3-6-4(2)5;1-2(3)4/h6H,4-5H2,1-3H3;3H2,1-2H3;1H3,(H,3,4). The molecule has 1 N–H and O–H groups in total. The first-order valence-corrected chi connectivity index (χ1v) is 5.60. The molecule has 0 unspecified atom stereocenters. The summed E-state index contributed by atoms with van der Waals surface area (Å²) in [5.74, 6) is -0.146. The van der Waals surface area contributed by atoms with Gasteiger partial charge in [-0.05, 0) is 12.8 Å². The van der Waals surface area contributed by atoms with Crippen LogP contribution in [0.1, 0.15) is 54.4 Å². The largest absolute Gasteiger partial charge is 0.481 e. The van der Waals surface area contributed by atoms with Crippen LogP contribution in [0.3, 0.4) is 0 Å². The first-order chi connectivity index (χ1) is 7.27. The average Bonchev–Trinajstić information content (AvgIpc) is 2.02. The van der Waals surface area contributed by atoms with Gasteiger partial charge < -0.3 is 9.84 Å². The Bertz CT molecular complexity index is 160. The van der Waals surface area contributed by atoms with E-state index in [1.807, 2.05) is 0 Å². The van der Waals surface area contributed by atoms with Crippen LogP contribution < -0.4 is 0 Å². The number of hydrogen-bond acceptors (Lipinski definition) is 3. The van der Waals surface area contributed by atoms with Gasteiger partial charge in [0.1, 0.15) is 0 Å². The van der Waals surface area contributed by atoms with Gasteiger partial charge in [0.2, 0.25) is 0 Å². The number of carboxylic acid groups (broad SMARTS) is 1. The predicted octanol–water partition coefficient (Wildman–Crippen LogP) is 3.10. The molecule has 0 bridgehead atoms. The van der Waals surface area contributed by atoms with Gasteiger partial charge in [-0.3, -0.25) is 9.59 Å². The molecule has 0 saturated heterocycles. The Kier molecular flexibility index (Phi) is 20.8. The lowest BCUT2D eigenvalue weighted by Crippen LogP contribution is -1.95. The quantitative estimate of drug-likeness (QED) is 0.762. The average molecular weight is 234 g/mol. The summed E-state index contributed by atoms with van der Waals surface area (Å²) in [7, 11) is 0. The molecular formula is C12H26O4. The van der Waals surface area contributed by atoms with Crippen molar-refractivity contribution in [2.45, 2.75) is 54.4 Å². The van der Waals surface area contributed by atoms with Crippen LogP contribution in [0.4, 0.5) is 0 Å². The van der Waals surface area contributed by atoms with Crippen LogP contribution in [0, 0.1) is 5.92 Å². The van der Waals surface area contributed by atoms with Crippen molar-refractivity contribution in [2.24, 2.45) is 5.92 Å². The first kappa shape index (κ1) is 20.4. The van der Waals surface area contributed by atoms with Crippen molar-refractivity contribution in [3.8, 4) is 0 Å². The highest BCUT2D eigenvalue weighted by molar-refractivity contribution is 5.65. The van der Waals surface area contributed by atoms with Gasteiger partial charge in [-0.2, -0.15) is 0 Å². The second-order valence-corrected chi connectivity index (χ2v) is 3.63. The SMILES string of the molecule is CC(=O)O.CCCC(C)C.CCOC(C)=O. The third kappa shape index (κ3) is 75.6. The lowest BCUT2D eigenvalue weighted by molar-refractivity contribution is -0.140. The molecule has 0 spiro atoms. The van der Waals surface area contributed by atoms with E-state index < -0.39 is 5.97 Å². The number of carbonyl (C=O) groups is 2. The van der Waals surface area contributed by atoms with E-state index in [9.17, 15) is 4.79 Å². The summed E-state index contributed by atoms with van der Waals surface area (Å²) in [5.41, 5.74) is 0. The van der Waals surface area contributed by atoms with Gasteiger partial charge in [0.05, 0.1) is 6.61 Å². The van der Waals surface area contributed by atoms with Gasteiger partial charge in [-0.1, -0.05) is 33.6 Å². The lowest BCUT2D eigenvalue weighted by Gasteiger charge is -1.95. The fourth-order valence-electron chi connectivity index (χ4n) is 0.781. The maximum absolute atomic E-state index is 9.82. The van der Waals surface area contributed by atoms with Crippen LogP contribution >= 0.6 is 0 Å². The van der Waals surface area contributed by atoms with Crippen molar-refractivity contribution < 1.29 is 19.4 Å². The second-order valence-electron chi connectivity index (χ2n) is 3.63. The fourth-order valence-corrected chi connectivity index (χ4v) is 0.781. The predicted molar refractivity (Wildman–Crippen MR) is 65.4 cm³/mol. The molecule has 0 aromatic heterocycles. The number of aliphatic carboxylic acids is 1. The Morgan fingerprint density at radius 2 is 1.56 bits per heavy atom. The van der Waals surface area contributed by atoms with E-state index in [-0.39, 0.29) is 5.97 Å². The topological polar surface area (TPSA) is 63.6 Å². The third-order valence-electron chi connectivity index (χ3n) is 1.21. The van der Waals surface area contributed by atoms with Crippen molar-refractivity contribution in [2.75, 3.05) is 6.61 Å². The van der Waals surface area contributed by atoms with Crippen LogP contribution in [0.2, 0.25) is 0 Å². The first-order valence-electron chi connectivity index (χ1n) is 5.60. The molecule has 0 rings (SSSR count). The molecule has 16 heavy (non-hydrogen) atoms. The summed E-state index contributed by atoms with van der Waals surface area (Å²) < 4.78 is 4.40. The molecule has 98 valence electrons. The minimum absolute atomic E-state index is 0.211. The summed E-state index contributed by atoms with van der Waals surface area (Å²) in [6.07, 6.45) is 2.71. The Balaban J connectivity index is -0.000000162. The number of carbonyl (C=O) groups excluding carboxylic acids is 1. The molecule has 0 aliphatic heterocycles. The second kappa shape index (κ2) is 16.4. The molecule has 0 aromatic carbocycles. The van der Waals surface area contributed by atoms with Gasteiger partial charge >= 0.3 is 5.97 Å². The van der Waals surface area contributed by atoms with Gasteiger partial charge in [-0.25, -0.2) is 0 Å². The Morgan fingerprint density at radius 1 is 1.19 bits per heavy atom. The summed E-state index contributed by atoms with van der Waals surface area (Å²) in [4.78, 5) is 18.8. The molecule has 4 heteroatoms. The van der Waals surface area contributed by atoms with Crippen LogP contribution in [-0.2, 0) is 14.3 Å². The van der Waals surface area contributed by atoms with Crippen LogP contribution in [0.25, 0.3) is 0 Å². The molecular weight excluding hydrogens is 208 g/mol. The van der Waals surface area contributed by atoms with Gasteiger partial charge in [0, 0.05) is 13.8 Å². The molecule has 0 amide bonds. The number of carboxylic acids is 1. The fraction of sp³-hybridized carbons (Fsp3) is 0.833. The van der Waals surface area contributed by atoms with Crippen molar-refractivity contribution in [1.82, 2.24) is 0 Å². The van der Waals surface area contributed by atoms with Crippen LogP contribution in [-0.4, -0.2) is 23.7 Å². The van der Waals surface area contributed by atoms with Crippen LogP contribution in [0.5, 0.6) is 0 Å². The molecule has 0 fully saturated rings. The number of esters is 1. The van der Waals surface area contributed by atoms with E-state index in [0.29, 0.717) is 6.61 Å². The molecule has 0 heterocycles. The zero-order chi connectivity index (χ0) is 13.6. The molecule has 0 aromatic rings. The van der Waals surface area contributed by atoms with Gasteiger partial charge in [-0.15, -0.1) is 0 Å². The van der Waals surface area contributed by atoms with Gasteiger partial charge in [0.25, 0.3) is 5.97 Å². The number of ether oxygens (including phenoxy) is 1. The van der Waals surface area contributed by atoms with E-state index in [0.717, 1.165) is 12.8 Å². The highest BCUT2D eigenvalue weighted by atomic mass is 16.5. The van der Waals surface area contributed by atoms with E-state index >= 15 is 0 Å². The van der Waals surface area contributed by atoms with E-state index in [1.54, 1.807) is 6.92 Å². The van der Waals surface area contributed by atoms with Crippen molar-refractivity contribution in [3.63, 3.8) is 0 Å². The molecule has 0 radical (unpaired) electrons. The summed E-state index contributed by atoms with van der Waals surface area (Å²) >= 11 is 0. The third-order valence-corrected chi connectivity index (χ3v) is 1.21. The van der Waals surface area contributed by atoms with Crippen molar-refractivity contribution in [3.05, 3.63) is 0 Å². The molecule has 0 aliphatic rings. The lowest BCUT2D eigenvalue weighted by atomic mass is 10.1. The highest BCUT2D eigenvalue weighted by Crippen LogP contribution is 2.00. The monoisotopic (exact) mass is 234 g/mol. The van der Waals surface area contributed by atoms with Crippen LogP contribution in [0.15, 0.2) is 0 Å². The summed E-state index contributed by atoms with van der Waals surface area (Å²) in [5, 5.41) is 7.42. The molecule has 0 aliphatic carbocycles. The Labute approximate surface area is 99.0 Å². The Morgan fingerprint density at radius 3 is 1.56 bits per heavy atom. The molecule has 0 saturated carbocycles. The number of hydrogen-bond donors (Lipinski definition) is 1. The minimum Gasteiger partial charge on any atom is -0.481 e. The van der Waals surface area contributed by atoms with Crippen molar-refractivity contribution in [1.29, 1.82) is 0 Å². The zero-order valence-electron chi connectivity index (χ0n) is 11.4. The van der Waals surface area contributed by atoms with Gasteiger partial charge in [0.15, 0.2) is 0 Å². The summed E-state index contributed by atoms with van der Waals surface area (Å²) in [6, 6.07) is 0. The normalized spacial score (nSPS) is 8.19.